The molecule has 1 unspecified atom stereocenters. The summed E-state index contributed by atoms with van der Waals surface area (Å²) in [4.78, 5) is 0. The summed E-state index contributed by atoms with van der Waals surface area (Å²) in [5.74, 6) is 6.98. The number of hydrogen-bond donors (Lipinski definition) is 2. The average molecular weight is 254 g/mol. The molecule has 0 aliphatic rings. The fourth-order valence-corrected chi connectivity index (χ4v) is 2.22. The molecule has 17 heavy (non-hydrogen) atoms. The number of rotatable bonds is 5. The van der Waals surface area contributed by atoms with Crippen LogP contribution in [0.2, 0.25) is 0 Å². The summed E-state index contributed by atoms with van der Waals surface area (Å²) >= 11 is 1.75. The summed E-state index contributed by atoms with van der Waals surface area (Å²) in [5, 5.41) is 0.768. The number of nitrogens with two attached hydrogens (primary N) is 1. The van der Waals surface area contributed by atoms with Crippen LogP contribution in [0.1, 0.15) is 18.2 Å². The monoisotopic (exact) mass is 254 g/mol. The van der Waals surface area contributed by atoms with Gasteiger partial charge in [-0.05, 0) is 42.7 Å². The maximum Gasteiger partial charge on any atom is 0.134 e. The second kappa shape index (κ2) is 5.53. The molecular weight excluding hydrogens is 239 g/mol. The maximum atomic E-state index is 13.0. The van der Waals surface area contributed by atoms with Crippen LogP contribution in [0.4, 0.5) is 4.39 Å². The first kappa shape index (κ1) is 12.4. The van der Waals surface area contributed by atoms with Gasteiger partial charge in [-0.2, -0.15) is 11.8 Å². The molecule has 1 aromatic heterocycles. The fraction of sp³-hybridized carbons (Fsp3) is 0.333. The Morgan fingerprint density at radius 1 is 1.47 bits per heavy atom. The summed E-state index contributed by atoms with van der Waals surface area (Å²) in [7, 11) is 0. The number of halogens is 1. The minimum absolute atomic E-state index is 0.0297. The fourth-order valence-electron chi connectivity index (χ4n) is 1.75. The predicted molar refractivity (Wildman–Crippen MR) is 69.2 cm³/mol. The normalized spacial score (nSPS) is 13.1. The van der Waals surface area contributed by atoms with E-state index in [9.17, 15) is 4.39 Å². The topological polar surface area (TPSA) is 51.2 Å². The summed E-state index contributed by atoms with van der Waals surface area (Å²) in [6.07, 6.45) is 2.92. The van der Waals surface area contributed by atoms with E-state index in [1.54, 1.807) is 17.8 Å². The zero-order chi connectivity index (χ0) is 12.3. The third-order valence-corrected chi connectivity index (χ3v) is 3.30. The Bertz CT molecular complexity index is 500. The molecule has 1 atom stereocenters. The molecular formula is C12H15FN2OS. The Morgan fingerprint density at radius 2 is 2.29 bits per heavy atom. The van der Waals surface area contributed by atoms with E-state index in [-0.39, 0.29) is 11.9 Å². The molecule has 2 rings (SSSR count). The van der Waals surface area contributed by atoms with Gasteiger partial charge in [0.05, 0.1) is 6.04 Å². The van der Waals surface area contributed by atoms with Gasteiger partial charge in [-0.25, -0.2) is 9.82 Å². The number of furan rings is 1. The van der Waals surface area contributed by atoms with Crippen molar-refractivity contribution in [3.63, 3.8) is 0 Å². The molecule has 0 bridgehead atoms. The van der Waals surface area contributed by atoms with Crippen molar-refractivity contribution < 1.29 is 8.81 Å². The van der Waals surface area contributed by atoms with Crippen LogP contribution in [0.15, 0.2) is 28.7 Å². The van der Waals surface area contributed by atoms with Gasteiger partial charge in [-0.1, -0.05) is 0 Å². The molecule has 92 valence electrons. The molecule has 2 aromatic rings. The van der Waals surface area contributed by atoms with Crippen molar-refractivity contribution in [3.8, 4) is 0 Å². The van der Waals surface area contributed by atoms with E-state index in [1.165, 1.54) is 12.1 Å². The van der Waals surface area contributed by atoms with E-state index in [0.717, 1.165) is 23.3 Å². The highest BCUT2D eigenvalue weighted by molar-refractivity contribution is 7.98. The Morgan fingerprint density at radius 3 is 3.00 bits per heavy atom. The molecule has 0 radical (unpaired) electrons. The first-order chi connectivity index (χ1) is 8.24. The van der Waals surface area contributed by atoms with Gasteiger partial charge in [0.15, 0.2) is 0 Å². The van der Waals surface area contributed by atoms with Crippen molar-refractivity contribution in [2.75, 3.05) is 12.0 Å². The zero-order valence-corrected chi connectivity index (χ0v) is 10.4. The Balaban J connectivity index is 2.27. The highest BCUT2D eigenvalue weighted by Gasteiger charge is 2.14. The van der Waals surface area contributed by atoms with Crippen molar-refractivity contribution >= 4 is 22.7 Å². The number of hydrazine groups is 1. The van der Waals surface area contributed by atoms with Gasteiger partial charge in [0, 0.05) is 5.39 Å². The van der Waals surface area contributed by atoms with Gasteiger partial charge in [-0.15, -0.1) is 0 Å². The minimum atomic E-state index is -0.258. The second-order valence-corrected chi connectivity index (χ2v) is 4.82. The van der Waals surface area contributed by atoms with E-state index in [2.05, 4.69) is 5.43 Å². The number of fused-ring (bicyclic) bond motifs is 1. The van der Waals surface area contributed by atoms with E-state index >= 15 is 0 Å². The third kappa shape index (κ3) is 2.80. The Kier molecular flexibility index (Phi) is 4.04. The van der Waals surface area contributed by atoms with Crippen molar-refractivity contribution in [1.29, 1.82) is 0 Å². The van der Waals surface area contributed by atoms with Crippen LogP contribution < -0.4 is 11.3 Å². The first-order valence-corrected chi connectivity index (χ1v) is 6.78. The molecule has 0 aliphatic carbocycles. The quantitative estimate of drug-likeness (QED) is 0.636. The van der Waals surface area contributed by atoms with Crippen LogP contribution >= 0.6 is 11.8 Å². The maximum absolute atomic E-state index is 13.0. The Hall–Kier alpha value is -1.04. The smallest absolute Gasteiger partial charge is 0.134 e. The SMILES string of the molecule is CSCCC(NN)c1cc2cc(F)ccc2o1. The van der Waals surface area contributed by atoms with Crippen LogP contribution in [0, 0.1) is 5.82 Å². The molecule has 1 heterocycles. The van der Waals surface area contributed by atoms with Crippen LogP contribution in [0.3, 0.4) is 0 Å². The second-order valence-electron chi connectivity index (χ2n) is 3.83. The van der Waals surface area contributed by atoms with Gasteiger partial charge >= 0.3 is 0 Å². The summed E-state index contributed by atoms with van der Waals surface area (Å²) < 4.78 is 18.7. The number of thioether (sulfide) groups is 1. The Labute approximate surface area is 104 Å². The van der Waals surface area contributed by atoms with Gasteiger partial charge in [0.2, 0.25) is 0 Å². The molecule has 0 saturated carbocycles. The number of benzene rings is 1. The molecule has 0 fully saturated rings. The zero-order valence-electron chi connectivity index (χ0n) is 9.57. The molecule has 5 heteroatoms. The van der Waals surface area contributed by atoms with Crippen LogP contribution in [0.5, 0.6) is 0 Å². The molecule has 0 amide bonds. The highest BCUT2D eigenvalue weighted by atomic mass is 32.2. The van der Waals surface area contributed by atoms with E-state index in [4.69, 9.17) is 10.3 Å². The first-order valence-electron chi connectivity index (χ1n) is 5.38. The molecule has 1 aromatic carbocycles. The number of nitrogens with one attached hydrogen (secondary N) is 1. The van der Waals surface area contributed by atoms with Gasteiger partial charge in [0.25, 0.3) is 0 Å². The lowest BCUT2D eigenvalue weighted by Crippen LogP contribution is -2.28. The molecule has 3 nitrogen and oxygen atoms in total. The van der Waals surface area contributed by atoms with Crippen LogP contribution in [0.25, 0.3) is 11.0 Å². The number of hydrogen-bond acceptors (Lipinski definition) is 4. The predicted octanol–water partition coefficient (Wildman–Crippen LogP) is 2.83. The van der Waals surface area contributed by atoms with Crippen molar-refractivity contribution in [1.82, 2.24) is 5.43 Å². The molecule has 3 N–H and O–H groups in total. The van der Waals surface area contributed by atoms with E-state index in [1.807, 2.05) is 12.3 Å². The summed E-state index contributed by atoms with van der Waals surface area (Å²) in [6, 6.07) is 6.30. The van der Waals surface area contributed by atoms with E-state index < -0.39 is 0 Å². The van der Waals surface area contributed by atoms with Gasteiger partial charge in [0.1, 0.15) is 17.2 Å². The third-order valence-electron chi connectivity index (χ3n) is 2.65. The standard InChI is InChI=1S/C12H15FN2OS/c1-17-5-4-10(15-14)12-7-8-6-9(13)2-3-11(8)16-12/h2-3,6-7,10,15H,4-5,14H2,1H3. The molecule has 0 saturated heterocycles. The van der Waals surface area contributed by atoms with Crippen molar-refractivity contribution in [2.24, 2.45) is 5.84 Å². The summed E-state index contributed by atoms with van der Waals surface area (Å²) in [6.45, 7) is 0. The lowest BCUT2D eigenvalue weighted by atomic mass is 10.1. The van der Waals surface area contributed by atoms with E-state index in [0.29, 0.717) is 5.58 Å². The highest BCUT2D eigenvalue weighted by Crippen LogP contribution is 2.26. The summed E-state index contributed by atoms with van der Waals surface area (Å²) in [5.41, 5.74) is 3.41. The van der Waals surface area contributed by atoms with Crippen molar-refractivity contribution in [3.05, 3.63) is 35.8 Å². The largest absolute Gasteiger partial charge is 0.459 e. The molecule has 0 spiro atoms. The van der Waals surface area contributed by atoms with Crippen LogP contribution in [-0.4, -0.2) is 12.0 Å². The van der Waals surface area contributed by atoms with Gasteiger partial charge < -0.3 is 4.42 Å². The minimum Gasteiger partial charge on any atom is -0.459 e. The molecule has 0 aliphatic heterocycles. The lowest BCUT2D eigenvalue weighted by molar-refractivity contribution is 0.430. The van der Waals surface area contributed by atoms with Crippen LogP contribution in [-0.2, 0) is 0 Å². The van der Waals surface area contributed by atoms with Crippen molar-refractivity contribution in [2.45, 2.75) is 12.5 Å². The lowest BCUT2D eigenvalue weighted by Gasteiger charge is -2.11. The van der Waals surface area contributed by atoms with Gasteiger partial charge in [-0.3, -0.25) is 5.84 Å². The average Bonchev–Trinajstić information content (AvgIpc) is 2.72.